The molecule has 1 unspecified atom stereocenters. The Bertz CT molecular complexity index is 990. The van der Waals surface area contributed by atoms with E-state index in [-0.39, 0.29) is 5.91 Å². The fourth-order valence-electron chi connectivity index (χ4n) is 4.06. The summed E-state index contributed by atoms with van der Waals surface area (Å²) >= 11 is 0. The van der Waals surface area contributed by atoms with Crippen LogP contribution in [0.5, 0.6) is 0 Å². The minimum atomic E-state index is -0.401. The van der Waals surface area contributed by atoms with Crippen molar-refractivity contribution in [3.63, 3.8) is 0 Å². The molecule has 1 aliphatic heterocycles. The van der Waals surface area contributed by atoms with Gasteiger partial charge < -0.3 is 10.6 Å². The monoisotopic (exact) mass is 377 g/mol. The van der Waals surface area contributed by atoms with Crippen molar-refractivity contribution in [3.05, 3.63) is 54.1 Å². The number of nitrogens with zero attached hydrogens (tertiary/aromatic N) is 6. The number of carbonyl (C=O) groups is 1. The van der Waals surface area contributed by atoms with Crippen LogP contribution in [0.1, 0.15) is 36.2 Å². The number of aromatic nitrogens is 4. The van der Waals surface area contributed by atoms with Crippen LogP contribution in [0.25, 0.3) is 5.65 Å². The summed E-state index contributed by atoms with van der Waals surface area (Å²) in [5.74, 6) is 2.11. The van der Waals surface area contributed by atoms with Gasteiger partial charge in [0.1, 0.15) is 11.9 Å². The standard InChI is InChI=1S/C20H23N7O/c21-17(28)16(14-4-2-1-3-5-14)25-10-12-26(13-11-25)19-20-24-23-18(15-6-7-15)27(20)9-8-22-19/h1-5,8-9,15-16H,6-7,10-13H2,(H2,21,28). The highest BCUT2D eigenvalue weighted by molar-refractivity contribution is 5.81. The van der Waals surface area contributed by atoms with E-state index in [9.17, 15) is 4.79 Å². The molecule has 0 spiro atoms. The first-order valence-electron chi connectivity index (χ1n) is 9.75. The summed E-state index contributed by atoms with van der Waals surface area (Å²) in [6.45, 7) is 2.98. The molecule has 8 nitrogen and oxygen atoms in total. The Kier molecular flexibility index (Phi) is 4.20. The average molecular weight is 377 g/mol. The van der Waals surface area contributed by atoms with Crippen molar-refractivity contribution in [1.29, 1.82) is 0 Å². The Morgan fingerprint density at radius 2 is 1.82 bits per heavy atom. The number of nitrogens with two attached hydrogens (primary N) is 1. The lowest BCUT2D eigenvalue weighted by Crippen LogP contribution is -2.50. The number of hydrogen-bond acceptors (Lipinski definition) is 6. The fraction of sp³-hybridized carbons (Fsp3) is 0.400. The van der Waals surface area contributed by atoms with Crippen LogP contribution >= 0.6 is 0 Å². The van der Waals surface area contributed by atoms with E-state index in [1.807, 2.05) is 42.7 Å². The molecule has 8 heteroatoms. The van der Waals surface area contributed by atoms with Gasteiger partial charge in [-0.05, 0) is 18.4 Å². The van der Waals surface area contributed by atoms with Crippen molar-refractivity contribution in [2.24, 2.45) is 5.73 Å². The molecule has 2 fully saturated rings. The van der Waals surface area contributed by atoms with Crippen molar-refractivity contribution in [2.75, 3.05) is 31.1 Å². The second-order valence-electron chi connectivity index (χ2n) is 7.52. The first-order valence-corrected chi connectivity index (χ1v) is 9.75. The van der Waals surface area contributed by atoms with Gasteiger partial charge in [-0.3, -0.25) is 14.1 Å². The smallest absolute Gasteiger partial charge is 0.239 e. The first kappa shape index (κ1) is 17.1. The number of anilines is 1. The van der Waals surface area contributed by atoms with E-state index in [0.29, 0.717) is 5.92 Å². The summed E-state index contributed by atoms with van der Waals surface area (Å²) in [6.07, 6.45) is 6.14. The van der Waals surface area contributed by atoms with Gasteiger partial charge >= 0.3 is 0 Å². The van der Waals surface area contributed by atoms with Gasteiger partial charge in [-0.15, -0.1) is 10.2 Å². The molecule has 2 N–H and O–H groups in total. The average Bonchev–Trinajstić information content (AvgIpc) is 3.47. The SMILES string of the molecule is NC(=O)C(c1ccccc1)N1CCN(c2nccn3c(C4CC4)nnc23)CC1. The summed E-state index contributed by atoms with van der Waals surface area (Å²) in [4.78, 5) is 21.1. The third kappa shape index (κ3) is 2.99. The summed E-state index contributed by atoms with van der Waals surface area (Å²) in [5, 5.41) is 8.80. The van der Waals surface area contributed by atoms with Crippen LogP contribution in [-0.2, 0) is 4.79 Å². The zero-order valence-corrected chi connectivity index (χ0v) is 15.6. The maximum Gasteiger partial charge on any atom is 0.239 e. The molecular weight excluding hydrogens is 354 g/mol. The zero-order valence-electron chi connectivity index (χ0n) is 15.6. The largest absolute Gasteiger partial charge is 0.368 e. The summed E-state index contributed by atoms with van der Waals surface area (Å²) in [5.41, 5.74) is 7.48. The van der Waals surface area contributed by atoms with Gasteiger partial charge in [0.2, 0.25) is 11.6 Å². The van der Waals surface area contributed by atoms with Crippen LogP contribution in [0.3, 0.4) is 0 Å². The third-order valence-corrected chi connectivity index (χ3v) is 5.64. The number of fused-ring (bicyclic) bond motifs is 1. The van der Waals surface area contributed by atoms with Crippen LogP contribution in [0.2, 0.25) is 0 Å². The van der Waals surface area contributed by atoms with E-state index in [4.69, 9.17) is 5.73 Å². The van der Waals surface area contributed by atoms with E-state index in [0.717, 1.165) is 49.0 Å². The van der Waals surface area contributed by atoms with Gasteiger partial charge in [-0.25, -0.2) is 4.98 Å². The Morgan fingerprint density at radius 1 is 1.07 bits per heavy atom. The highest BCUT2D eigenvalue weighted by atomic mass is 16.1. The molecule has 2 aliphatic rings. The van der Waals surface area contributed by atoms with Crippen molar-refractivity contribution < 1.29 is 4.79 Å². The van der Waals surface area contributed by atoms with Crippen molar-refractivity contribution in [3.8, 4) is 0 Å². The van der Waals surface area contributed by atoms with Gasteiger partial charge in [0.05, 0.1) is 0 Å². The molecule has 28 heavy (non-hydrogen) atoms. The highest BCUT2D eigenvalue weighted by Crippen LogP contribution is 2.39. The Labute approximate surface area is 163 Å². The van der Waals surface area contributed by atoms with E-state index in [1.54, 1.807) is 0 Å². The lowest BCUT2D eigenvalue weighted by molar-refractivity contribution is -0.123. The van der Waals surface area contributed by atoms with Gasteiger partial charge in [-0.1, -0.05) is 30.3 Å². The Hall–Kier alpha value is -3.00. The lowest BCUT2D eigenvalue weighted by atomic mass is 10.0. The molecule has 1 saturated heterocycles. The van der Waals surface area contributed by atoms with E-state index in [2.05, 4.69) is 29.4 Å². The van der Waals surface area contributed by atoms with Gasteiger partial charge in [0.25, 0.3) is 0 Å². The number of benzene rings is 1. The zero-order chi connectivity index (χ0) is 19.1. The fourth-order valence-corrected chi connectivity index (χ4v) is 4.06. The molecule has 1 saturated carbocycles. The van der Waals surface area contributed by atoms with Crippen molar-refractivity contribution >= 4 is 17.4 Å². The highest BCUT2D eigenvalue weighted by Gasteiger charge is 2.32. The van der Waals surface area contributed by atoms with Gasteiger partial charge in [0, 0.05) is 44.5 Å². The number of primary amides is 1. The number of piperazine rings is 1. The van der Waals surface area contributed by atoms with Gasteiger partial charge in [0.15, 0.2) is 5.82 Å². The molecule has 0 radical (unpaired) electrons. The van der Waals surface area contributed by atoms with E-state index in [1.165, 1.54) is 12.8 Å². The number of carbonyl (C=O) groups excluding carboxylic acids is 1. The quantitative estimate of drug-likeness (QED) is 0.722. The number of amides is 1. The third-order valence-electron chi connectivity index (χ3n) is 5.64. The summed E-state index contributed by atoms with van der Waals surface area (Å²) < 4.78 is 2.07. The molecule has 1 aliphatic carbocycles. The Morgan fingerprint density at radius 3 is 2.50 bits per heavy atom. The second-order valence-corrected chi connectivity index (χ2v) is 7.52. The molecular formula is C20H23N7O. The molecule has 1 atom stereocenters. The normalized spacial score (nSPS) is 19.1. The van der Waals surface area contributed by atoms with Crippen molar-refractivity contribution in [2.45, 2.75) is 24.8 Å². The molecule has 1 aromatic carbocycles. The molecule has 3 heterocycles. The maximum absolute atomic E-state index is 12.1. The van der Waals surface area contributed by atoms with Crippen LogP contribution in [0, 0.1) is 0 Å². The number of hydrogen-bond donors (Lipinski definition) is 1. The topological polar surface area (TPSA) is 92.7 Å². The molecule has 3 aromatic rings. The molecule has 5 rings (SSSR count). The van der Waals surface area contributed by atoms with Crippen LogP contribution in [0.15, 0.2) is 42.7 Å². The molecule has 2 aromatic heterocycles. The molecule has 0 bridgehead atoms. The van der Waals surface area contributed by atoms with E-state index < -0.39 is 6.04 Å². The maximum atomic E-state index is 12.1. The minimum absolute atomic E-state index is 0.314. The second kappa shape index (κ2) is 6.87. The minimum Gasteiger partial charge on any atom is -0.368 e. The van der Waals surface area contributed by atoms with Crippen LogP contribution < -0.4 is 10.6 Å². The lowest BCUT2D eigenvalue weighted by Gasteiger charge is -2.38. The van der Waals surface area contributed by atoms with Crippen LogP contribution in [-0.4, -0.2) is 56.6 Å². The molecule has 144 valence electrons. The Balaban J connectivity index is 1.36. The first-order chi connectivity index (χ1) is 13.7. The number of rotatable bonds is 5. The van der Waals surface area contributed by atoms with Crippen molar-refractivity contribution in [1.82, 2.24) is 24.5 Å². The van der Waals surface area contributed by atoms with Crippen LogP contribution in [0.4, 0.5) is 5.82 Å². The predicted molar refractivity (Wildman–Crippen MR) is 105 cm³/mol. The van der Waals surface area contributed by atoms with Gasteiger partial charge in [-0.2, -0.15) is 0 Å². The predicted octanol–water partition coefficient (Wildman–Crippen LogP) is 1.35. The summed E-state index contributed by atoms with van der Waals surface area (Å²) in [7, 11) is 0. The van der Waals surface area contributed by atoms with E-state index >= 15 is 0 Å². The molecule has 1 amide bonds. The summed E-state index contributed by atoms with van der Waals surface area (Å²) in [6, 6.07) is 9.34.